The molecule has 0 bridgehead atoms. The van der Waals surface area contributed by atoms with Crippen molar-refractivity contribution in [2.24, 2.45) is 7.05 Å². The van der Waals surface area contributed by atoms with Gasteiger partial charge in [0.15, 0.2) is 0 Å². The van der Waals surface area contributed by atoms with Crippen LogP contribution in [-0.4, -0.2) is 14.9 Å². The van der Waals surface area contributed by atoms with Gasteiger partial charge in [-0.05, 0) is 48.0 Å². The fourth-order valence-electron chi connectivity index (χ4n) is 1.96. The largest absolute Gasteiger partial charge is 0.487 e. The molecule has 0 amide bonds. The average Bonchev–Trinajstić information content (AvgIpc) is 2.62. The van der Waals surface area contributed by atoms with Gasteiger partial charge < -0.3 is 9.84 Å². The van der Waals surface area contributed by atoms with Crippen LogP contribution in [0.4, 0.5) is 4.39 Å². The second-order valence-electron chi connectivity index (χ2n) is 4.62. The molecule has 0 unspecified atom stereocenters. The van der Waals surface area contributed by atoms with Gasteiger partial charge in [-0.2, -0.15) is 5.10 Å². The normalized spacial score (nSPS) is 12.5. The van der Waals surface area contributed by atoms with Gasteiger partial charge in [-0.15, -0.1) is 0 Å². The van der Waals surface area contributed by atoms with Crippen LogP contribution in [0.15, 0.2) is 22.7 Å². The molecule has 0 aliphatic carbocycles. The van der Waals surface area contributed by atoms with E-state index < -0.39 is 11.9 Å². The summed E-state index contributed by atoms with van der Waals surface area (Å²) in [6.45, 7) is 3.75. The summed E-state index contributed by atoms with van der Waals surface area (Å²) in [5, 5.41) is 13.9. The molecule has 0 radical (unpaired) electrons. The minimum Gasteiger partial charge on any atom is -0.487 e. The number of aliphatic hydroxyl groups excluding tert-OH is 1. The van der Waals surface area contributed by atoms with Gasteiger partial charge in [0.1, 0.15) is 18.2 Å². The highest BCUT2D eigenvalue weighted by atomic mass is 79.9. The van der Waals surface area contributed by atoms with Crippen molar-refractivity contribution in [2.45, 2.75) is 26.6 Å². The summed E-state index contributed by atoms with van der Waals surface area (Å²) in [5.74, 6) is 0.0676. The Bertz CT molecular complexity index is 626. The Labute approximate surface area is 125 Å². The molecule has 4 nitrogen and oxygen atoms in total. The Morgan fingerprint density at radius 2 is 2.20 bits per heavy atom. The Morgan fingerprint density at radius 3 is 2.75 bits per heavy atom. The summed E-state index contributed by atoms with van der Waals surface area (Å²) in [6.07, 6.45) is -0.794. The van der Waals surface area contributed by atoms with E-state index in [1.165, 1.54) is 18.2 Å². The molecular weight excluding hydrogens is 327 g/mol. The van der Waals surface area contributed by atoms with E-state index in [1.54, 1.807) is 11.6 Å². The lowest BCUT2D eigenvalue weighted by Gasteiger charge is -2.14. The number of halogens is 2. The van der Waals surface area contributed by atoms with Gasteiger partial charge in [-0.25, -0.2) is 4.39 Å². The predicted molar refractivity (Wildman–Crippen MR) is 77.0 cm³/mol. The molecule has 0 saturated heterocycles. The monoisotopic (exact) mass is 342 g/mol. The zero-order chi connectivity index (χ0) is 14.9. The summed E-state index contributed by atoms with van der Waals surface area (Å²) in [6, 6.07) is 4.11. The molecule has 0 aliphatic rings. The van der Waals surface area contributed by atoms with Crippen LogP contribution in [0.1, 0.15) is 30.0 Å². The molecule has 108 valence electrons. The molecule has 1 heterocycles. The van der Waals surface area contributed by atoms with Crippen molar-refractivity contribution in [1.29, 1.82) is 0 Å². The number of aryl methyl sites for hydroxylation is 2. The van der Waals surface area contributed by atoms with Gasteiger partial charge in [-0.3, -0.25) is 4.68 Å². The topological polar surface area (TPSA) is 47.3 Å². The Kier molecular flexibility index (Phi) is 4.45. The second kappa shape index (κ2) is 5.93. The molecule has 2 aromatic rings. The predicted octanol–water partition coefficient (Wildman–Crippen LogP) is 3.26. The van der Waals surface area contributed by atoms with Crippen LogP contribution in [0.3, 0.4) is 0 Å². The van der Waals surface area contributed by atoms with Crippen molar-refractivity contribution in [3.05, 3.63) is 45.4 Å². The van der Waals surface area contributed by atoms with Crippen molar-refractivity contribution >= 4 is 15.9 Å². The Balaban J connectivity index is 2.23. The highest BCUT2D eigenvalue weighted by Gasteiger charge is 2.14. The number of aromatic nitrogens is 2. The minimum atomic E-state index is -0.794. The van der Waals surface area contributed by atoms with Gasteiger partial charge >= 0.3 is 0 Å². The summed E-state index contributed by atoms with van der Waals surface area (Å²) in [5.41, 5.74) is 2.18. The van der Waals surface area contributed by atoms with Crippen LogP contribution in [0.25, 0.3) is 0 Å². The zero-order valence-electron chi connectivity index (χ0n) is 11.5. The molecule has 0 spiro atoms. The van der Waals surface area contributed by atoms with E-state index in [4.69, 9.17) is 4.74 Å². The summed E-state index contributed by atoms with van der Waals surface area (Å²) in [4.78, 5) is 0. The van der Waals surface area contributed by atoms with E-state index in [1.807, 2.05) is 14.0 Å². The third-order valence-corrected chi connectivity index (χ3v) is 4.08. The average molecular weight is 343 g/mol. The van der Waals surface area contributed by atoms with E-state index in [-0.39, 0.29) is 6.61 Å². The summed E-state index contributed by atoms with van der Waals surface area (Å²) < 4.78 is 21.5. The molecule has 6 heteroatoms. The molecule has 1 aromatic carbocycles. The molecule has 20 heavy (non-hydrogen) atoms. The fourth-order valence-corrected chi connectivity index (χ4v) is 2.41. The molecule has 0 fully saturated rings. The first kappa shape index (κ1) is 15.0. The molecule has 1 atom stereocenters. The van der Waals surface area contributed by atoms with Crippen molar-refractivity contribution in [1.82, 2.24) is 9.78 Å². The minimum absolute atomic E-state index is 0.281. The molecular formula is C14H16BrFN2O2. The van der Waals surface area contributed by atoms with Crippen LogP contribution in [0, 0.1) is 12.7 Å². The standard InChI is InChI=1S/C14H16BrFN2O2/c1-8-14(15)12(18(3)17-8)7-20-13-5-4-10(16)6-11(13)9(2)19/h4-6,9,19H,7H2,1-3H3/t9-/m1/s1. The van der Waals surface area contributed by atoms with Crippen molar-refractivity contribution in [2.75, 3.05) is 0 Å². The number of aliphatic hydroxyl groups is 1. The highest BCUT2D eigenvalue weighted by molar-refractivity contribution is 9.10. The fraction of sp³-hybridized carbons (Fsp3) is 0.357. The number of ether oxygens (including phenoxy) is 1. The number of hydrogen-bond donors (Lipinski definition) is 1. The lowest BCUT2D eigenvalue weighted by Crippen LogP contribution is -2.06. The number of hydrogen-bond acceptors (Lipinski definition) is 3. The lowest BCUT2D eigenvalue weighted by molar-refractivity contribution is 0.189. The number of nitrogens with zero attached hydrogens (tertiary/aromatic N) is 2. The first-order valence-corrected chi connectivity index (χ1v) is 6.97. The van der Waals surface area contributed by atoms with E-state index in [0.717, 1.165) is 15.9 Å². The number of rotatable bonds is 4. The summed E-state index contributed by atoms with van der Waals surface area (Å²) in [7, 11) is 1.83. The first-order valence-electron chi connectivity index (χ1n) is 6.18. The molecule has 1 N–H and O–H groups in total. The van der Waals surface area contributed by atoms with Gasteiger partial charge in [0, 0.05) is 12.6 Å². The van der Waals surface area contributed by atoms with Crippen molar-refractivity contribution in [3.63, 3.8) is 0 Å². The maximum atomic E-state index is 13.2. The molecule has 0 saturated carbocycles. The van der Waals surface area contributed by atoms with Gasteiger partial charge in [0.05, 0.1) is 22.0 Å². The van der Waals surface area contributed by atoms with Crippen molar-refractivity contribution in [3.8, 4) is 5.75 Å². The second-order valence-corrected chi connectivity index (χ2v) is 5.41. The van der Waals surface area contributed by atoms with Crippen molar-refractivity contribution < 1.29 is 14.2 Å². The van der Waals surface area contributed by atoms with Crippen LogP contribution in [0.2, 0.25) is 0 Å². The molecule has 1 aromatic heterocycles. The van der Waals surface area contributed by atoms with E-state index in [0.29, 0.717) is 11.3 Å². The first-order chi connectivity index (χ1) is 9.40. The third-order valence-electron chi connectivity index (χ3n) is 3.05. The van der Waals surface area contributed by atoms with Crippen LogP contribution in [-0.2, 0) is 13.7 Å². The van der Waals surface area contributed by atoms with Gasteiger partial charge in [-0.1, -0.05) is 0 Å². The third kappa shape index (κ3) is 3.02. The van der Waals surface area contributed by atoms with Crippen LogP contribution >= 0.6 is 15.9 Å². The lowest BCUT2D eigenvalue weighted by atomic mass is 10.1. The van der Waals surface area contributed by atoms with E-state index in [2.05, 4.69) is 21.0 Å². The molecule has 2 rings (SSSR count). The number of benzene rings is 1. The SMILES string of the molecule is Cc1nn(C)c(COc2ccc(F)cc2[C@@H](C)O)c1Br. The Hall–Kier alpha value is -1.40. The van der Waals surface area contributed by atoms with E-state index >= 15 is 0 Å². The van der Waals surface area contributed by atoms with Crippen LogP contribution in [0.5, 0.6) is 5.75 Å². The quantitative estimate of drug-likeness (QED) is 0.927. The van der Waals surface area contributed by atoms with Crippen LogP contribution < -0.4 is 4.74 Å². The maximum absolute atomic E-state index is 13.2. The van der Waals surface area contributed by atoms with E-state index in [9.17, 15) is 9.50 Å². The smallest absolute Gasteiger partial charge is 0.131 e. The molecule has 0 aliphatic heterocycles. The zero-order valence-corrected chi connectivity index (χ0v) is 13.1. The highest BCUT2D eigenvalue weighted by Crippen LogP contribution is 2.28. The van der Waals surface area contributed by atoms with Gasteiger partial charge in [0.25, 0.3) is 0 Å². The summed E-state index contributed by atoms with van der Waals surface area (Å²) >= 11 is 3.46. The maximum Gasteiger partial charge on any atom is 0.131 e. The van der Waals surface area contributed by atoms with Gasteiger partial charge in [0.2, 0.25) is 0 Å². The Morgan fingerprint density at radius 1 is 1.50 bits per heavy atom.